The van der Waals surface area contributed by atoms with Crippen LogP contribution in [0.2, 0.25) is 0 Å². The zero-order valence-electron chi connectivity index (χ0n) is 11.7. The molecule has 1 nitrogen and oxygen atoms in total. The van der Waals surface area contributed by atoms with Gasteiger partial charge in [-0.2, -0.15) is 0 Å². The highest BCUT2D eigenvalue weighted by Gasteiger charge is 2.49. The Kier molecular flexibility index (Phi) is 4.06. The molecule has 2 rings (SSSR count). The standard InChI is InChI=1S/C16H24FN/c1-12(2)10-18-11-14-9-16(14,3)8-13-6-4-5-7-15(13)17/h4-7,12,14,18H,8-11H2,1-3H3. The monoisotopic (exact) mass is 249 g/mol. The Morgan fingerprint density at radius 3 is 2.78 bits per heavy atom. The van der Waals surface area contributed by atoms with Gasteiger partial charge in [0.05, 0.1) is 0 Å². The maximum Gasteiger partial charge on any atom is 0.126 e. The fourth-order valence-electron chi connectivity index (χ4n) is 2.66. The van der Waals surface area contributed by atoms with E-state index >= 15 is 0 Å². The number of halogens is 1. The highest BCUT2D eigenvalue weighted by molar-refractivity contribution is 5.21. The van der Waals surface area contributed by atoms with Crippen molar-refractivity contribution in [2.75, 3.05) is 13.1 Å². The fourth-order valence-corrected chi connectivity index (χ4v) is 2.66. The van der Waals surface area contributed by atoms with Crippen molar-refractivity contribution in [1.82, 2.24) is 5.32 Å². The zero-order valence-corrected chi connectivity index (χ0v) is 11.7. The SMILES string of the molecule is CC(C)CNCC1CC1(C)Cc1ccccc1F. The van der Waals surface area contributed by atoms with Crippen molar-refractivity contribution in [3.63, 3.8) is 0 Å². The minimum absolute atomic E-state index is 0.0560. The van der Waals surface area contributed by atoms with Crippen molar-refractivity contribution in [2.24, 2.45) is 17.3 Å². The average molecular weight is 249 g/mol. The first kappa shape index (κ1) is 13.5. The summed E-state index contributed by atoms with van der Waals surface area (Å²) in [5, 5.41) is 3.51. The van der Waals surface area contributed by atoms with Crippen LogP contribution in [-0.2, 0) is 6.42 Å². The molecule has 18 heavy (non-hydrogen) atoms. The van der Waals surface area contributed by atoms with Crippen LogP contribution in [0.5, 0.6) is 0 Å². The lowest BCUT2D eigenvalue weighted by Crippen LogP contribution is -2.24. The first-order valence-corrected chi connectivity index (χ1v) is 6.95. The van der Waals surface area contributed by atoms with Crippen LogP contribution in [0.4, 0.5) is 4.39 Å². The van der Waals surface area contributed by atoms with E-state index in [9.17, 15) is 4.39 Å². The highest BCUT2D eigenvalue weighted by Crippen LogP contribution is 2.54. The van der Waals surface area contributed by atoms with E-state index in [-0.39, 0.29) is 5.82 Å². The number of rotatable bonds is 6. The molecule has 1 aromatic rings. The average Bonchev–Trinajstić information content (AvgIpc) is 2.92. The molecule has 2 atom stereocenters. The van der Waals surface area contributed by atoms with Gasteiger partial charge in [-0.15, -0.1) is 0 Å². The molecular weight excluding hydrogens is 225 g/mol. The second-order valence-electron chi connectivity index (χ2n) is 6.38. The van der Waals surface area contributed by atoms with Crippen LogP contribution in [0.15, 0.2) is 24.3 Å². The third kappa shape index (κ3) is 3.32. The van der Waals surface area contributed by atoms with E-state index < -0.39 is 0 Å². The Labute approximate surface area is 110 Å². The minimum atomic E-state index is -0.0560. The summed E-state index contributed by atoms with van der Waals surface area (Å²) >= 11 is 0. The molecule has 0 heterocycles. The van der Waals surface area contributed by atoms with Gasteiger partial charge in [0.1, 0.15) is 5.82 Å². The summed E-state index contributed by atoms with van der Waals surface area (Å²) in [6.07, 6.45) is 2.08. The topological polar surface area (TPSA) is 12.0 Å². The van der Waals surface area contributed by atoms with E-state index in [1.165, 1.54) is 6.42 Å². The van der Waals surface area contributed by atoms with E-state index in [1.54, 1.807) is 12.1 Å². The molecule has 1 N–H and O–H groups in total. The normalized spacial score (nSPS) is 26.6. The summed E-state index contributed by atoms with van der Waals surface area (Å²) < 4.78 is 13.6. The van der Waals surface area contributed by atoms with Crippen LogP contribution >= 0.6 is 0 Å². The molecule has 2 heteroatoms. The minimum Gasteiger partial charge on any atom is -0.316 e. The molecule has 0 amide bonds. The van der Waals surface area contributed by atoms with Crippen LogP contribution in [0.25, 0.3) is 0 Å². The lowest BCUT2D eigenvalue weighted by Gasteiger charge is -2.13. The van der Waals surface area contributed by atoms with Gasteiger partial charge in [0.25, 0.3) is 0 Å². The second-order valence-corrected chi connectivity index (χ2v) is 6.38. The summed E-state index contributed by atoms with van der Waals surface area (Å²) in [5.74, 6) is 1.34. The Morgan fingerprint density at radius 1 is 1.39 bits per heavy atom. The summed E-state index contributed by atoms with van der Waals surface area (Å²) in [4.78, 5) is 0. The molecule has 1 fully saturated rings. The molecule has 1 aromatic carbocycles. The number of benzene rings is 1. The Balaban J connectivity index is 1.83. The first-order valence-electron chi connectivity index (χ1n) is 6.95. The third-order valence-corrected chi connectivity index (χ3v) is 4.03. The molecule has 100 valence electrons. The predicted molar refractivity (Wildman–Crippen MR) is 74.0 cm³/mol. The van der Waals surface area contributed by atoms with Gasteiger partial charge in [0.2, 0.25) is 0 Å². The molecular formula is C16H24FN. The van der Waals surface area contributed by atoms with E-state index in [4.69, 9.17) is 0 Å². The number of hydrogen-bond acceptors (Lipinski definition) is 1. The molecule has 0 spiro atoms. The molecule has 2 unspecified atom stereocenters. The maximum atomic E-state index is 13.6. The smallest absolute Gasteiger partial charge is 0.126 e. The van der Waals surface area contributed by atoms with Crippen molar-refractivity contribution in [3.05, 3.63) is 35.6 Å². The maximum absolute atomic E-state index is 13.6. The van der Waals surface area contributed by atoms with Crippen LogP contribution in [0.1, 0.15) is 32.8 Å². The summed E-state index contributed by atoms with van der Waals surface area (Å²) in [7, 11) is 0. The molecule has 0 bridgehead atoms. The Hall–Kier alpha value is -0.890. The van der Waals surface area contributed by atoms with Crippen molar-refractivity contribution in [1.29, 1.82) is 0 Å². The van der Waals surface area contributed by atoms with Crippen LogP contribution in [-0.4, -0.2) is 13.1 Å². The summed E-state index contributed by atoms with van der Waals surface area (Å²) in [6.45, 7) is 8.87. The lowest BCUT2D eigenvalue weighted by atomic mass is 9.95. The van der Waals surface area contributed by atoms with Crippen LogP contribution in [0.3, 0.4) is 0 Å². The fraction of sp³-hybridized carbons (Fsp3) is 0.625. The van der Waals surface area contributed by atoms with Gasteiger partial charge < -0.3 is 5.32 Å². The first-order chi connectivity index (χ1) is 8.51. The predicted octanol–water partition coefficient (Wildman–Crippen LogP) is 3.64. The van der Waals surface area contributed by atoms with Crippen LogP contribution in [0, 0.1) is 23.1 Å². The van der Waals surface area contributed by atoms with Gasteiger partial charge >= 0.3 is 0 Å². The van der Waals surface area contributed by atoms with Crippen molar-refractivity contribution in [3.8, 4) is 0 Å². The molecule has 1 aliphatic rings. The number of nitrogens with one attached hydrogen (secondary N) is 1. The molecule has 1 saturated carbocycles. The lowest BCUT2D eigenvalue weighted by molar-refractivity contribution is 0.451. The Bertz CT molecular complexity index is 402. The van der Waals surface area contributed by atoms with Gasteiger partial charge in [-0.1, -0.05) is 39.0 Å². The van der Waals surface area contributed by atoms with Gasteiger partial charge in [-0.25, -0.2) is 4.39 Å². The van der Waals surface area contributed by atoms with Crippen LogP contribution < -0.4 is 5.32 Å². The second kappa shape index (κ2) is 5.40. The third-order valence-electron chi connectivity index (χ3n) is 4.03. The van der Waals surface area contributed by atoms with E-state index in [0.29, 0.717) is 17.3 Å². The van der Waals surface area contributed by atoms with Gasteiger partial charge in [-0.05, 0) is 54.8 Å². The Morgan fingerprint density at radius 2 is 2.11 bits per heavy atom. The van der Waals surface area contributed by atoms with E-state index in [0.717, 1.165) is 25.1 Å². The van der Waals surface area contributed by atoms with Crippen molar-refractivity contribution in [2.45, 2.75) is 33.6 Å². The largest absolute Gasteiger partial charge is 0.316 e. The summed E-state index contributed by atoms with van der Waals surface area (Å²) in [5.41, 5.74) is 1.16. The molecule has 0 saturated heterocycles. The van der Waals surface area contributed by atoms with Crippen molar-refractivity contribution < 1.29 is 4.39 Å². The summed E-state index contributed by atoms with van der Waals surface area (Å²) in [6, 6.07) is 7.16. The van der Waals surface area contributed by atoms with E-state index in [1.807, 2.05) is 12.1 Å². The quantitative estimate of drug-likeness (QED) is 0.811. The van der Waals surface area contributed by atoms with Gasteiger partial charge in [0.15, 0.2) is 0 Å². The highest BCUT2D eigenvalue weighted by atomic mass is 19.1. The molecule has 1 aliphatic carbocycles. The number of hydrogen-bond donors (Lipinski definition) is 1. The molecule has 0 aromatic heterocycles. The van der Waals surface area contributed by atoms with E-state index in [2.05, 4.69) is 26.1 Å². The molecule has 0 radical (unpaired) electrons. The van der Waals surface area contributed by atoms with Gasteiger partial charge in [0, 0.05) is 0 Å². The van der Waals surface area contributed by atoms with Crippen molar-refractivity contribution >= 4 is 0 Å². The van der Waals surface area contributed by atoms with Gasteiger partial charge in [-0.3, -0.25) is 0 Å². The zero-order chi connectivity index (χ0) is 13.2. The molecule has 0 aliphatic heterocycles.